The van der Waals surface area contributed by atoms with Crippen molar-refractivity contribution in [3.05, 3.63) is 11.9 Å². The molecule has 1 aromatic rings. The molecule has 1 aromatic heterocycles. The number of rotatable bonds is 4. The third-order valence-electron chi connectivity index (χ3n) is 2.81. The molecule has 94 valence electrons. The van der Waals surface area contributed by atoms with E-state index in [1.807, 2.05) is 6.07 Å². The summed E-state index contributed by atoms with van der Waals surface area (Å²) in [5.74, 6) is 8.55. The summed E-state index contributed by atoms with van der Waals surface area (Å²) in [5, 5.41) is 3.35. The van der Waals surface area contributed by atoms with E-state index in [-0.39, 0.29) is 5.41 Å². The SMILES string of the molecule is CC(C)(C)c1nc(NN)cc(NCC2CC2)n1. The Bertz CT molecular complexity index is 392. The number of aromatic nitrogens is 2. The molecular formula is C12H21N5. The van der Waals surface area contributed by atoms with Crippen LogP contribution < -0.4 is 16.6 Å². The van der Waals surface area contributed by atoms with Crippen LogP contribution in [-0.4, -0.2) is 16.5 Å². The zero-order chi connectivity index (χ0) is 12.5. The molecule has 0 atom stereocenters. The molecule has 5 heteroatoms. The van der Waals surface area contributed by atoms with Gasteiger partial charge in [0.2, 0.25) is 0 Å². The summed E-state index contributed by atoms with van der Waals surface area (Å²) < 4.78 is 0. The van der Waals surface area contributed by atoms with Gasteiger partial charge in [-0.15, -0.1) is 0 Å². The van der Waals surface area contributed by atoms with E-state index in [0.29, 0.717) is 5.82 Å². The Balaban J connectivity index is 2.18. The Morgan fingerprint density at radius 3 is 2.47 bits per heavy atom. The van der Waals surface area contributed by atoms with Gasteiger partial charge < -0.3 is 10.7 Å². The van der Waals surface area contributed by atoms with Gasteiger partial charge in [0, 0.05) is 18.0 Å². The van der Waals surface area contributed by atoms with Crippen LogP contribution in [0, 0.1) is 5.92 Å². The Labute approximate surface area is 102 Å². The summed E-state index contributed by atoms with van der Waals surface area (Å²) in [6, 6.07) is 1.84. The molecule has 0 aromatic carbocycles. The molecule has 1 aliphatic rings. The first-order chi connectivity index (χ1) is 7.99. The number of nitrogen functional groups attached to an aromatic ring is 1. The molecular weight excluding hydrogens is 214 g/mol. The van der Waals surface area contributed by atoms with E-state index in [0.717, 1.165) is 24.1 Å². The first kappa shape index (κ1) is 12.1. The van der Waals surface area contributed by atoms with Crippen LogP contribution in [-0.2, 0) is 5.41 Å². The van der Waals surface area contributed by atoms with Crippen molar-refractivity contribution in [1.82, 2.24) is 9.97 Å². The molecule has 0 radical (unpaired) electrons. The molecule has 2 rings (SSSR count). The molecule has 5 nitrogen and oxygen atoms in total. The van der Waals surface area contributed by atoms with Crippen LogP contribution in [0.3, 0.4) is 0 Å². The van der Waals surface area contributed by atoms with E-state index >= 15 is 0 Å². The predicted molar refractivity (Wildman–Crippen MR) is 69.8 cm³/mol. The van der Waals surface area contributed by atoms with E-state index in [1.165, 1.54) is 12.8 Å². The molecule has 1 fully saturated rings. The van der Waals surface area contributed by atoms with E-state index in [1.54, 1.807) is 0 Å². The third-order valence-corrected chi connectivity index (χ3v) is 2.81. The molecule has 1 heterocycles. The number of nitrogens with zero attached hydrogens (tertiary/aromatic N) is 2. The van der Waals surface area contributed by atoms with Crippen LogP contribution in [0.4, 0.5) is 11.6 Å². The van der Waals surface area contributed by atoms with Gasteiger partial charge in [-0.1, -0.05) is 20.8 Å². The first-order valence-corrected chi connectivity index (χ1v) is 6.09. The molecule has 0 spiro atoms. The Morgan fingerprint density at radius 2 is 1.94 bits per heavy atom. The monoisotopic (exact) mass is 235 g/mol. The molecule has 17 heavy (non-hydrogen) atoms. The fourth-order valence-electron chi connectivity index (χ4n) is 1.52. The fourth-order valence-corrected chi connectivity index (χ4v) is 1.52. The van der Waals surface area contributed by atoms with Crippen LogP contribution in [0.2, 0.25) is 0 Å². The van der Waals surface area contributed by atoms with Gasteiger partial charge in [0.05, 0.1) is 0 Å². The van der Waals surface area contributed by atoms with Crippen molar-refractivity contribution >= 4 is 11.6 Å². The zero-order valence-electron chi connectivity index (χ0n) is 10.7. The van der Waals surface area contributed by atoms with Crippen molar-refractivity contribution in [1.29, 1.82) is 0 Å². The quantitative estimate of drug-likeness (QED) is 0.549. The van der Waals surface area contributed by atoms with Crippen LogP contribution in [0.25, 0.3) is 0 Å². The molecule has 4 N–H and O–H groups in total. The molecule has 1 saturated carbocycles. The lowest BCUT2D eigenvalue weighted by atomic mass is 9.96. The topological polar surface area (TPSA) is 75.9 Å². The Morgan fingerprint density at radius 1 is 1.29 bits per heavy atom. The number of nitrogens with one attached hydrogen (secondary N) is 2. The molecule has 1 aliphatic carbocycles. The van der Waals surface area contributed by atoms with Crippen LogP contribution in [0.5, 0.6) is 0 Å². The summed E-state index contributed by atoms with van der Waals surface area (Å²) in [4.78, 5) is 8.91. The minimum atomic E-state index is -0.0805. The highest BCUT2D eigenvalue weighted by Gasteiger charge is 2.22. The van der Waals surface area contributed by atoms with Gasteiger partial charge in [-0.05, 0) is 18.8 Å². The predicted octanol–water partition coefficient (Wildman–Crippen LogP) is 1.88. The Kier molecular flexibility index (Phi) is 3.19. The maximum absolute atomic E-state index is 5.43. The van der Waals surface area contributed by atoms with Crippen molar-refractivity contribution in [2.45, 2.75) is 39.0 Å². The maximum Gasteiger partial charge on any atom is 0.145 e. The summed E-state index contributed by atoms with van der Waals surface area (Å²) >= 11 is 0. The molecule has 0 aliphatic heterocycles. The molecule has 0 saturated heterocycles. The number of nitrogens with two attached hydrogens (primary N) is 1. The highest BCUT2D eigenvalue weighted by molar-refractivity contribution is 5.47. The highest BCUT2D eigenvalue weighted by atomic mass is 15.3. The van der Waals surface area contributed by atoms with Gasteiger partial charge in [0.15, 0.2) is 0 Å². The standard InChI is InChI=1S/C12H21N5/c1-12(2,3)11-15-9(6-10(16-11)17-13)14-7-8-4-5-8/h6,8H,4-5,7,13H2,1-3H3,(H2,14,15,16,17). The smallest absolute Gasteiger partial charge is 0.145 e. The summed E-state index contributed by atoms with van der Waals surface area (Å²) in [7, 11) is 0. The lowest BCUT2D eigenvalue weighted by molar-refractivity contribution is 0.546. The lowest BCUT2D eigenvalue weighted by Gasteiger charge is -2.18. The van der Waals surface area contributed by atoms with Crippen molar-refractivity contribution < 1.29 is 0 Å². The van der Waals surface area contributed by atoms with Crippen LogP contribution in [0.1, 0.15) is 39.4 Å². The third kappa shape index (κ3) is 3.30. The molecule has 0 bridgehead atoms. The van der Waals surface area contributed by atoms with Gasteiger partial charge in [-0.3, -0.25) is 0 Å². The number of hydrogen-bond donors (Lipinski definition) is 3. The van der Waals surface area contributed by atoms with Crippen LogP contribution in [0.15, 0.2) is 6.07 Å². The highest BCUT2D eigenvalue weighted by Crippen LogP contribution is 2.29. The molecule has 0 unspecified atom stereocenters. The number of hydrazine groups is 1. The summed E-state index contributed by atoms with van der Waals surface area (Å²) in [6.07, 6.45) is 2.65. The zero-order valence-corrected chi connectivity index (χ0v) is 10.7. The van der Waals surface area contributed by atoms with Gasteiger partial charge in [-0.25, -0.2) is 15.8 Å². The number of hydrogen-bond acceptors (Lipinski definition) is 5. The van der Waals surface area contributed by atoms with Gasteiger partial charge in [0.1, 0.15) is 17.5 Å². The van der Waals surface area contributed by atoms with Gasteiger partial charge in [0.25, 0.3) is 0 Å². The van der Waals surface area contributed by atoms with E-state index < -0.39 is 0 Å². The second kappa shape index (κ2) is 4.49. The minimum Gasteiger partial charge on any atom is -0.370 e. The normalized spacial score (nSPS) is 15.8. The first-order valence-electron chi connectivity index (χ1n) is 6.09. The fraction of sp³-hybridized carbons (Fsp3) is 0.667. The average Bonchev–Trinajstić information content (AvgIpc) is 3.08. The molecule has 0 amide bonds. The summed E-state index contributed by atoms with van der Waals surface area (Å²) in [5.41, 5.74) is 2.51. The van der Waals surface area contributed by atoms with Crippen molar-refractivity contribution in [3.8, 4) is 0 Å². The summed E-state index contributed by atoms with van der Waals surface area (Å²) in [6.45, 7) is 7.26. The van der Waals surface area contributed by atoms with Crippen molar-refractivity contribution in [2.24, 2.45) is 11.8 Å². The van der Waals surface area contributed by atoms with E-state index in [4.69, 9.17) is 5.84 Å². The van der Waals surface area contributed by atoms with Crippen LogP contribution >= 0.6 is 0 Å². The largest absolute Gasteiger partial charge is 0.370 e. The lowest BCUT2D eigenvalue weighted by Crippen LogP contribution is -2.20. The Hall–Kier alpha value is -1.36. The second-order valence-corrected chi connectivity index (χ2v) is 5.68. The second-order valence-electron chi connectivity index (χ2n) is 5.68. The van der Waals surface area contributed by atoms with Crippen molar-refractivity contribution in [2.75, 3.05) is 17.3 Å². The van der Waals surface area contributed by atoms with Crippen molar-refractivity contribution in [3.63, 3.8) is 0 Å². The van der Waals surface area contributed by atoms with Gasteiger partial charge in [-0.2, -0.15) is 0 Å². The average molecular weight is 235 g/mol. The van der Waals surface area contributed by atoms with E-state index in [9.17, 15) is 0 Å². The maximum atomic E-state index is 5.43. The van der Waals surface area contributed by atoms with E-state index in [2.05, 4.69) is 41.5 Å². The number of anilines is 2. The van der Waals surface area contributed by atoms with Gasteiger partial charge >= 0.3 is 0 Å². The minimum absolute atomic E-state index is 0.0805.